The molecule has 0 saturated carbocycles. The van der Waals surface area contributed by atoms with Gasteiger partial charge in [0.05, 0.1) is 13.0 Å². The van der Waals surface area contributed by atoms with Crippen molar-refractivity contribution in [1.82, 2.24) is 10.2 Å². The number of ether oxygens (including phenoxy) is 1. The summed E-state index contributed by atoms with van der Waals surface area (Å²) >= 11 is 0. The Bertz CT molecular complexity index is 471. The average molecular weight is 276 g/mol. The maximum Gasteiger partial charge on any atom is 0.226 e. The summed E-state index contributed by atoms with van der Waals surface area (Å²) in [4.78, 5) is 14.1. The van der Waals surface area contributed by atoms with Crippen LogP contribution in [0.2, 0.25) is 0 Å². The Kier molecular flexibility index (Phi) is 4.65. The van der Waals surface area contributed by atoms with Crippen LogP contribution in [0.15, 0.2) is 24.3 Å². The molecular weight excluding hydrogens is 252 g/mol. The van der Waals surface area contributed by atoms with Gasteiger partial charge in [0.1, 0.15) is 5.75 Å². The molecule has 1 aromatic rings. The van der Waals surface area contributed by atoms with E-state index in [0.717, 1.165) is 30.9 Å². The van der Waals surface area contributed by atoms with Gasteiger partial charge in [-0.25, -0.2) is 0 Å². The Morgan fingerprint density at radius 2 is 2.25 bits per heavy atom. The van der Waals surface area contributed by atoms with Crippen LogP contribution in [0.25, 0.3) is 0 Å². The molecule has 1 heterocycles. The number of nitrogens with zero attached hydrogens (tertiary/aromatic N) is 1. The summed E-state index contributed by atoms with van der Waals surface area (Å²) in [6.45, 7) is 9.11. The van der Waals surface area contributed by atoms with Gasteiger partial charge < -0.3 is 15.0 Å². The summed E-state index contributed by atoms with van der Waals surface area (Å²) in [7, 11) is 0. The molecule has 1 aromatic carbocycles. The molecule has 1 aliphatic heterocycles. The van der Waals surface area contributed by atoms with Crippen LogP contribution in [-0.2, 0) is 4.79 Å². The zero-order chi connectivity index (χ0) is 14.6. The highest BCUT2D eigenvalue weighted by Crippen LogP contribution is 2.14. The van der Waals surface area contributed by atoms with Gasteiger partial charge in [0.25, 0.3) is 0 Å². The van der Waals surface area contributed by atoms with Gasteiger partial charge in [0.15, 0.2) is 0 Å². The molecule has 1 N–H and O–H groups in total. The molecule has 0 bridgehead atoms. The standard InChI is InChI=1S/C16H24N2O2/c1-13-5-4-6-14(11-13)20-10-7-15(19)18-9-8-17-16(2,3)12-18/h4-6,11,17H,7-10,12H2,1-3H3. The lowest BCUT2D eigenvalue weighted by molar-refractivity contribution is -0.133. The van der Waals surface area contributed by atoms with E-state index in [1.807, 2.05) is 36.1 Å². The molecule has 2 rings (SSSR count). The molecule has 0 radical (unpaired) electrons. The molecule has 1 fully saturated rings. The maximum absolute atomic E-state index is 12.2. The van der Waals surface area contributed by atoms with Gasteiger partial charge in [-0.15, -0.1) is 0 Å². The lowest BCUT2D eigenvalue weighted by Gasteiger charge is -2.39. The third kappa shape index (κ3) is 4.23. The molecule has 0 spiro atoms. The smallest absolute Gasteiger partial charge is 0.226 e. The highest BCUT2D eigenvalue weighted by Gasteiger charge is 2.28. The number of rotatable bonds is 4. The van der Waals surface area contributed by atoms with Crippen LogP contribution < -0.4 is 10.1 Å². The number of hydrogen-bond donors (Lipinski definition) is 1. The van der Waals surface area contributed by atoms with E-state index in [4.69, 9.17) is 4.74 Å². The molecule has 0 atom stereocenters. The molecule has 0 aliphatic carbocycles. The number of benzene rings is 1. The van der Waals surface area contributed by atoms with Crippen LogP contribution >= 0.6 is 0 Å². The Hall–Kier alpha value is -1.55. The van der Waals surface area contributed by atoms with Crippen LogP contribution in [0.3, 0.4) is 0 Å². The predicted octanol–water partition coefficient (Wildman–Crippen LogP) is 1.97. The van der Waals surface area contributed by atoms with E-state index in [9.17, 15) is 4.79 Å². The Balaban J connectivity index is 1.78. The average Bonchev–Trinajstić information content (AvgIpc) is 2.37. The molecule has 4 heteroatoms. The zero-order valence-electron chi connectivity index (χ0n) is 12.6. The van der Waals surface area contributed by atoms with Gasteiger partial charge in [-0.1, -0.05) is 12.1 Å². The summed E-state index contributed by atoms with van der Waals surface area (Å²) in [5.74, 6) is 1.01. The third-order valence-corrected chi connectivity index (χ3v) is 3.50. The van der Waals surface area contributed by atoms with E-state index >= 15 is 0 Å². The molecule has 1 saturated heterocycles. The summed E-state index contributed by atoms with van der Waals surface area (Å²) < 4.78 is 5.64. The number of piperazine rings is 1. The van der Waals surface area contributed by atoms with Crippen molar-refractivity contribution in [3.63, 3.8) is 0 Å². The van der Waals surface area contributed by atoms with E-state index in [1.165, 1.54) is 0 Å². The van der Waals surface area contributed by atoms with E-state index in [1.54, 1.807) is 0 Å². The largest absolute Gasteiger partial charge is 0.493 e. The molecule has 20 heavy (non-hydrogen) atoms. The second kappa shape index (κ2) is 6.27. The number of carbonyl (C=O) groups excluding carboxylic acids is 1. The molecule has 4 nitrogen and oxygen atoms in total. The maximum atomic E-state index is 12.2. The fourth-order valence-corrected chi connectivity index (χ4v) is 2.47. The number of amides is 1. The van der Waals surface area contributed by atoms with Crippen molar-refractivity contribution >= 4 is 5.91 Å². The highest BCUT2D eigenvalue weighted by molar-refractivity contribution is 5.76. The molecule has 1 aliphatic rings. The fourth-order valence-electron chi connectivity index (χ4n) is 2.47. The van der Waals surface area contributed by atoms with Gasteiger partial charge in [-0.05, 0) is 38.5 Å². The van der Waals surface area contributed by atoms with E-state index in [2.05, 4.69) is 19.2 Å². The summed E-state index contributed by atoms with van der Waals surface area (Å²) in [5.41, 5.74) is 1.17. The van der Waals surface area contributed by atoms with Gasteiger partial charge >= 0.3 is 0 Å². The van der Waals surface area contributed by atoms with Crippen LogP contribution in [0, 0.1) is 6.92 Å². The third-order valence-electron chi connectivity index (χ3n) is 3.50. The van der Waals surface area contributed by atoms with Crippen LogP contribution in [0.1, 0.15) is 25.8 Å². The van der Waals surface area contributed by atoms with E-state index < -0.39 is 0 Å². The second-order valence-corrected chi connectivity index (χ2v) is 6.04. The Morgan fingerprint density at radius 1 is 1.45 bits per heavy atom. The van der Waals surface area contributed by atoms with Crippen LogP contribution in [0.5, 0.6) is 5.75 Å². The van der Waals surface area contributed by atoms with Crippen molar-refractivity contribution in [2.75, 3.05) is 26.2 Å². The SMILES string of the molecule is Cc1cccc(OCCC(=O)N2CCNC(C)(C)C2)c1. The first-order valence-electron chi connectivity index (χ1n) is 7.19. The molecular formula is C16H24N2O2. The monoisotopic (exact) mass is 276 g/mol. The zero-order valence-corrected chi connectivity index (χ0v) is 12.6. The van der Waals surface area contributed by atoms with Gasteiger partial charge in [0, 0.05) is 25.2 Å². The van der Waals surface area contributed by atoms with Crippen molar-refractivity contribution in [2.24, 2.45) is 0 Å². The summed E-state index contributed by atoms with van der Waals surface area (Å²) in [6, 6.07) is 7.90. The van der Waals surface area contributed by atoms with Crippen molar-refractivity contribution in [3.8, 4) is 5.75 Å². The first-order valence-corrected chi connectivity index (χ1v) is 7.19. The molecule has 0 aromatic heterocycles. The number of carbonyl (C=O) groups is 1. The minimum Gasteiger partial charge on any atom is -0.493 e. The lowest BCUT2D eigenvalue weighted by Crippen LogP contribution is -2.58. The van der Waals surface area contributed by atoms with Crippen molar-refractivity contribution in [3.05, 3.63) is 29.8 Å². The predicted molar refractivity (Wildman–Crippen MR) is 80.0 cm³/mol. The van der Waals surface area contributed by atoms with E-state index in [-0.39, 0.29) is 11.4 Å². The topological polar surface area (TPSA) is 41.6 Å². The molecule has 1 amide bonds. The van der Waals surface area contributed by atoms with Crippen LogP contribution in [-0.4, -0.2) is 42.6 Å². The Labute approximate surface area is 121 Å². The Morgan fingerprint density at radius 3 is 2.95 bits per heavy atom. The second-order valence-electron chi connectivity index (χ2n) is 6.04. The minimum atomic E-state index is 0.00527. The molecule has 0 unspecified atom stereocenters. The van der Waals surface area contributed by atoms with Gasteiger partial charge in [0.2, 0.25) is 5.91 Å². The van der Waals surface area contributed by atoms with Crippen molar-refractivity contribution in [2.45, 2.75) is 32.7 Å². The van der Waals surface area contributed by atoms with Crippen molar-refractivity contribution < 1.29 is 9.53 Å². The lowest BCUT2D eigenvalue weighted by atomic mass is 10.0. The molecule has 110 valence electrons. The first kappa shape index (κ1) is 14.9. The number of nitrogens with one attached hydrogen (secondary N) is 1. The van der Waals surface area contributed by atoms with Gasteiger partial charge in [-0.2, -0.15) is 0 Å². The van der Waals surface area contributed by atoms with E-state index in [0.29, 0.717) is 13.0 Å². The van der Waals surface area contributed by atoms with Gasteiger partial charge in [-0.3, -0.25) is 4.79 Å². The minimum absolute atomic E-state index is 0.00527. The summed E-state index contributed by atoms with van der Waals surface area (Å²) in [6.07, 6.45) is 0.435. The first-order chi connectivity index (χ1) is 9.46. The van der Waals surface area contributed by atoms with Crippen LogP contribution in [0.4, 0.5) is 0 Å². The highest BCUT2D eigenvalue weighted by atomic mass is 16.5. The summed E-state index contributed by atoms with van der Waals surface area (Å²) in [5, 5.41) is 3.41. The number of aryl methyl sites for hydroxylation is 1. The fraction of sp³-hybridized carbons (Fsp3) is 0.562. The quantitative estimate of drug-likeness (QED) is 0.914. The normalized spacial score (nSPS) is 17.9. The number of hydrogen-bond acceptors (Lipinski definition) is 3. The van der Waals surface area contributed by atoms with Crippen molar-refractivity contribution in [1.29, 1.82) is 0 Å².